The molecule has 1 saturated heterocycles. The number of hydrogen-bond donors (Lipinski definition) is 2. The minimum absolute atomic E-state index is 0.324. The second-order valence-electron chi connectivity index (χ2n) is 5.48. The van der Waals surface area contributed by atoms with Crippen LogP contribution < -0.4 is 10.6 Å². The van der Waals surface area contributed by atoms with Crippen molar-refractivity contribution < 1.29 is 4.74 Å². The number of aliphatic imine (C=N–C) groups is 1. The van der Waals surface area contributed by atoms with E-state index in [9.17, 15) is 0 Å². The lowest BCUT2D eigenvalue weighted by Gasteiger charge is -2.37. The highest BCUT2D eigenvalue weighted by atomic mass is 32.2. The van der Waals surface area contributed by atoms with Crippen LogP contribution >= 0.6 is 11.8 Å². The number of hydrogen-bond acceptors (Lipinski definition) is 3. The van der Waals surface area contributed by atoms with E-state index in [1.807, 2.05) is 7.05 Å². The molecule has 0 aromatic carbocycles. The molecule has 2 aliphatic rings. The maximum atomic E-state index is 5.50. The fraction of sp³-hybridized carbons (Fsp3) is 0.929. The molecule has 1 heterocycles. The lowest BCUT2D eigenvalue weighted by Crippen LogP contribution is -2.48. The van der Waals surface area contributed by atoms with Gasteiger partial charge in [0.15, 0.2) is 5.96 Å². The fourth-order valence-electron chi connectivity index (χ4n) is 2.45. The lowest BCUT2D eigenvalue weighted by atomic mass is 9.99. The van der Waals surface area contributed by atoms with Gasteiger partial charge in [-0.2, -0.15) is 11.8 Å². The zero-order valence-corrected chi connectivity index (χ0v) is 13.0. The molecule has 19 heavy (non-hydrogen) atoms. The number of nitrogens with zero attached hydrogens (tertiary/aromatic N) is 1. The highest BCUT2D eigenvalue weighted by molar-refractivity contribution is 8.00. The first kappa shape index (κ1) is 15.0. The van der Waals surface area contributed by atoms with Crippen LogP contribution in [0.3, 0.4) is 0 Å². The van der Waals surface area contributed by atoms with Crippen LogP contribution in [-0.4, -0.2) is 49.8 Å². The van der Waals surface area contributed by atoms with Gasteiger partial charge in [-0.15, -0.1) is 0 Å². The number of rotatable bonds is 6. The summed E-state index contributed by atoms with van der Waals surface area (Å²) in [5.41, 5.74) is 0. The highest BCUT2D eigenvalue weighted by Crippen LogP contribution is 2.34. The molecule has 0 unspecified atom stereocenters. The molecule has 110 valence electrons. The van der Waals surface area contributed by atoms with Crippen molar-refractivity contribution in [3.05, 3.63) is 0 Å². The van der Waals surface area contributed by atoms with Gasteiger partial charge in [0, 0.05) is 38.1 Å². The molecule has 5 heteroatoms. The van der Waals surface area contributed by atoms with E-state index in [0.29, 0.717) is 4.75 Å². The summed E-state index contributed by atoms with van der Waals surface area (Å²) in [5.74, 6) is 2.99. The van der Waals surface area contributed by atoms with Crippen LogP contribution in [0.15, 0.2) is 4.99 Å². The summed E-state index contributed by atoms with van der Waals surface area (Å²) in [6, 6.07) is 0. The van der Waals surface area contributed by atoms with Crippen molar-refractivity contribution in [2.75, 3.05) is 39.1 Å². The Balaban J connectivity index is 1.78. The summed E-state index contributed by atoms with van der Waals surface area (Å²) in [6.45, 7) is 6.07. The third kappa shape index (κ3) is 4.88. The molecule has 0 atom stereocenters. The SMILES string of the molecule is CCSC1(CNC(=NC)NCC2CC2)CCOCC1. The van der Waals surface area contributed by atoms with E-state index in [1.54, 1.807) is 0 Å². The van der Waals surface area contributed by atoms with Crippen molar-refractivity contribution in [3.8, 4) is 0 Å². The molecular formula is C14H27N3OS. The highest BCUT2D eigenvalue weighted by Gasteiger charge is 2.32. The van der Waals surface area contributed by atoms with E-state index < -0.39 is 0 Å². The molecule has 0 amide bonds. The van der Waals surface area contributed by atoms with E-state index in [0.717, 1.165) is 56.8 Å². The van der Waals surface area contributed by atoms with Gasteiger partial charge in [-0.3, -0.25) is 4.99 Å². The third-order valence-corrected chi connectivity index (χ3v) is 5.36. The molecule has 1 aliphatic carbocycles. The molecule has 1 saturated carbocycles. The van der Waals surface area contributed by atoms with Crippen molar-refractivity contribution >= 4 is 17.7 Å². The van der Waals surface area contributed by atoms with Crippen LogP contribution in [0.5, 0.6) is 0 Å². The van der Waals surface area contributed by atoms with Crippen LogP contribution in [0.2, 0.25) is 0 Å². The smallest absolute Gasteiger partial charge is 0.191 e. The second kappa shape index (κ2) is 7.39. The maximum Gasteiger partial charge on any atom is 0.191 e. The molecule has 2 fully saturated rings. The van der Waals surface area contributed by atoms with Gasteiger partial charge >= 0.3 is 0 Å². The largest absolute Gasteiger partial charge is 0.381 e. The Hall–Kier alpha value is -0.420. The Morgan fingerprint density at radius 3 is 2.63 bits per heavy atom. The van der Waals surface area contributed by atoms with E-state index in [4.69, 9.17) is 4.74 Å². The second-order valence-corrected chi connectivity index (χ2v) is 7.21. The molecular weight excluding hydrogens is 258 g/mol. The van der Waals surface area contributed by atoms with Gasteiger partial charge in [-0.1, -0.05) is 6.92 Å². The molecule has 0 bridgehead atoms. The zero-order chi connectivity index (χ0) is 13.6. The summed E-state index contributed by atoms with van der Waals surface area (Å²) in [4.78, 5) is 4.32. The molecule has 2 N–H and O–H groups in total. The molecule has 0 aromatic heterocycles. The Labute approximate surface area is 121 Å². The number of guanidine groups is 1. The Morgan fingerprint density at radius 1 is 1.32 bits per heavy atom. The summed E-state index contributed by atoms with van der Waals surface area (Å²) >= 11 is 2.06. The lowest BCUT2D eigenvalue weighted by molar-refractivity contribution is 0.0782. The van der Waals surface area contributed by atoms with E-state index in [-0.39, 0.29) is 0 Å². The van der Waals surface area contributed by atoms with Gasteiger partial charge in [0.1, 0.15) is 0 Å². The van der Waals surface area contributed by atoms with Crippen LogP contribution in [0.1, 0.15) is 32.6 Å². The number of nitrogens with one attached hydrogen (secondary N) is 2. The zero-order valence-electron chi connectivity index (χ0n) is 12.2. The summed E-state index contributed by atoms with van der Waals surface area (Å²) in [5, 5.41) is 6.94. The predicted octanol–water partition coefficient (Wildman–Crippen LogP) is 1.86. The third-order valence-electron chi connectivity index (χ3n) is 3.91. The molecule has 0 aromatic rings. The first-order valence-electron chi connectivity index (χ1n) is 7.44. The normalized spacial score (nSPS) is 23.2. The first-order valence-corrected chi connectivity index (χ1v) is 8.43. The van der Waals surface area contributed by atoms with Crippen molar-refractivity contribution in [3.63, 3.8) is 0 Å². The van der Waals surface area contributed by atoms with Gasteiger partial charge in [-0.05, 0) is 37.4 Å². The average molecular weight is 285 g/mol. The summed E-state index contributed by atoms with van der Waals surface area (Å²) in [7, 11) is 1.85. The van der Waals surface area contributed by atoms with Crippen LogP contribution in [0.25, 0.3) is 0 Å². The van der Waals surface area contributed by atoms with Crippen molar-refractivity contribution in [2.45, 2.75) is 37.4 Å². The van der Waals surface area contributed by atoms with Gasteiger partial charge in [0.05, 0.1) is 0 Å². The van der Waals surface area contributed by atoms with Crippen LogP contribution in [-0.2, 0) is 4.74 Å². The van der Waals surface area contributed by atoms with Gasteiger partial charge in [0.25, 0.3) is 0 Å². The minimum atomic E-state index is 0.324. The average Bonchev–Trinajstić information content (AvgIpc) is 3.24. The molecule has 0 spiro atoms. The van der Waals surface area contributed by atoms with E-state index >= 15 is 0 Å². The van der Waals surface area contributed by atoms with Crippen molar-refractivity contribution in [1.82, 2.24) is 10.6 Å². The van der Waals surface area contributed by atoms with Crippen molar-refractivity contribution in [2.24, 2.45) is 10.9 Å². The fourth-order valence-corrected chi connectivity index (χ4v) is 3.69. The number of thioether (sulfide) groups is 1. The minimum Gasteiger partial charge on any atom is -0.381 e. The van der Waals surface area contributed by atoms with Crippen LogP contribution in [0.4, 0.5) is 0 Å². The molecule has 2 rings (SSSR count). The topological polar surface area (TPSA) is 45.7 Å². The Morgan fingerprint density at radius 2 is 2.05 bits per heavy atom. The monoisotopic (exact) mass is 285 g/mol. The maximum absolute atomic E-state index is 5.50. The van der Waals surface area contributed by atoms with Gasteiger partial charge < -0.3 is 15.4 Å². The predicted molar refractivity (Wildman–Crippen MR) is 83.0 cm³/mol. The van der Waals surface area contributed by atoms with Gasteiger partial charge in [-0.25, -0.2) is 0 Å². The quantitative estimate of drug-likeness (QED) is 0.578. The van der Waals surface area contributed by atoms with Crippen molar-refractivity contribution in [1.29, 1.82) is 0 Å². The molecule has 0 radical (unpaired) electrons. The van der Waals surface area contributed by atoms with Crippen LogP contribution in [0, 0.1) is 5.92 Å². The summed E-state index contributed by atoms with van der Waals surface area (Å²) in [6.07, 6.45) is 5.02. The standard InChI is InChI=1S/C14H27N3OS/c1-3-19-14(6-8-18-9-7-14)11-17-13(15-2)16-10-12-4-5-12/h12H,3-11H2,1-2H3,(H2,15,16,17). The Bertz CT molecular complexity index is 294. The van der Waals surface area contributed by atoms with E-state index in [1.165, 1.54) is 12.8 Å². The number of ether oxygens (including phenoxy) is 1. The van der Waals surface area contributed by atoms with Gasteiger partial charge in [0.2, 0.25) is 0 Å². The first-order chi connectivity index (χ1) is 9.28. The molecule has 4 nitrogen and oxygen atoms in total. The van der Waals surface area contributed by atoms with E-state index in [2.05, 4.69) is 34.3 Å². The Kier molecular flexibility index (Phi) is 5.82. The summed E-state index contributed by atoms with van der Waals surface area (Å²) < 4.78 is 5.83. The molecule has 1 aliphatic heterocycles.